The van der Waals surface area contributed by atoms with Crippen molar-refractivity contribution in [2.75, 3.05) is 26.2 Å². The maximum atomic E-state index is 6.32. The summed E-state index contributed by atoms with van der Waals surface area (Å²) in [5.74, 6) is 0. The van der Waals surface area contributed by atoms with Crippen LogP contribution in [0.15, 0.2) is 42.5 Å². The molecule has 1 saturated heterocycles. The van der Waals surface area contributed by atoms with Crippen LogP contribution in [-0.4, -0.2) is 36.1 Å². The maximum Gasteiger partial charge on any atom is 0.116 e. The van der Waals surface area contributed by atoms with E-state index in [9.17, 15) is 0 Å². The summed E-state index contributed by atoms with van der Waals surface area (Å²) in [6.07, 6.45) is 1.13. The lowest BCUT2D eigenvalue weighted by atomic mass is 10.1. The van der Waals surface area contributed by atoms with Crippen LogP contribution < -0.4 is 5.32 Å². The average Bonchev–Trinajstić information content (AvgIpc) is 2.85. The van der Waals surface area contributed by atoms with Gasteiger partial charge < -0.3 is 5.32 Å². The third-order valence-corrected chi connectivity index (χ3v) is 6.37. The van der Waals surface area contributed by atoms with Gasteiger partial charge in [0.2, 0.25) is 0 Å². The molecule has 0 aliphatic carbocycles. The van der Waals surface area contributed by atoms with Crippen molar-refractivity contribution in [3.05, 3.63) is 63.1 Å². The minimum atomic E-state index is 0.104. The zero-order valence-electron chi connectivity index (χ0n) is 13.7. The lowest BCUT2D eigenvalue weighted by Crippen LogP contribution is -2.33. The SMILES string of the molecule is Clc1ccc(C(c2nc3ccccc3s2)N2CCCNCC2)cc1Cl. The zero-order valence-corrected chi connectivity index (χ0v) is 16.0. The number of halogens is 2. The van der Waals surface area contributed by atoms with Crippen molar-refractivity contribution in [2.45, 2.75) is 12.5 Å². The lowest BCUT2D eigenvalue weighted by Gasteiger charge is -2.29. The highest BCUT2D eigenvalue weighted by atomic mass is 35.5. The Morgan fingerprint density at radius 2 is 1.92 bits per heavy atom. The van der Waals surface area contributed by atoms with E-state index < -0.39 is 0 Å². The normalized spacial score (nSPS) is 17.5. The van der Waals surface area contributed by atoms with Crippen molar-refractivity contribution < 1.29 is 0 Å². The van der Waals surface area contributed by atoms with Gasteiger partial charge in [0.1, 0.15) is 5.01 Å². The van der Waals surface area contributed by atoms with Crippen molar-refractivity contribution in [1.29, 1.82) is 0 Å². The van der Waals surface area contributed by atoms with Crippen LogP contribution in [-0.2, 0) is 0 Å². The predicted octanol–water partition coefficient (Wildman–Crippen LogP) is 4.99. The number of hydrogen-bond acceptors (Lipinski definition) is 4. The Morgan fingerprint density at radius 1 is 1.04 bits per heavy atom. The van der Waals surface area contributed by atoms with Crippen molar-refractivity contribution in [1.82, 2.24) is 15.2 Å². The zero-order chi connectivity index (χ0) is 17.2. The summed E-state index contributed by atoms with van der Waals surface area (Å²) < 4.78 is 1.22. The van der Waals surface area contributed by atoms with Gasteiger partial charge in [-0.05, 0) is 42.8 Å². The lowest BCUT2D eigenvalue weighted by molar-refractivity contribution is 0.241. The Bertz CT molecular complexity index is 839. The van der Waals surface area contributed by atoms with Gasteiger partial charge in [-0.2, -0.15) is 0 Å². The molecule has 0 radical (unpaired) electrons. The molecule has 0 spiro atoms. The first-order chi connectivity index (χ1) is 12.2. The fraction of sp³-hybridized carbons (Fsp3) is 0.316. The third-order valence-electron chi connectivity index (χ3n) is 4.54. The second kappa shape index (κ2) is 7.60. The van der Waals surface area contributed by atoms with Gasteiger partial charge in [0, 0.05) is 19.6 Å². The summed E-state index contributed by atoms with van der Waals surface area (Å²) in [5, 5.41) is 5.77. The molecule has 1 N–H and O–H groups in total. The molecule has 25 heavy (non-hydrogen) atoms. The van der Waals surface area contributed by atoms with Crippen molar-refractivity contribution in [3.8, 4) is 0 Å². The average molecular weight is 392 g/mol. The number of benzene rings is 2. The highest BCUT2D eigenvalue weighted by Gasteiger charge is 2.26. The quantitative estimate of drug-likeness (QED) is 0.681. The van der Waals surface area contributed by atoms with Gasteiger partial charge in [-0.25, -0.2) is 4.98 Å². The van der Waals surface area contributed by atoms with E-state index in [4.69, 9.17) is 28.2 Å². The molecule has 3 nitrogen and oxygen atoms in total. The number of rotatable bonds is 3. The van der Waals surface area contributed by atoms with E-state index in [-0.39, 0.29) is 6.04 Å². The van der Waals surface area contributed by atoms with E-state index in [0.29, 0.717) is 10.0 Å². The highest BCUT2D eigenvalue weighted by Crippen LogP contribution is 2.36. The second-order valence-electron chi connectivity index (χ2n) is 6.24. The fourth-order valence-electron chi connectivity index (χ4n) is 3.32. The topological polar surface area (TPSA) is 28.2 Å². The summed E-state index contributed by atoms with van der Waals surface area (Å²) in [6.45, 7) is 4.07. The molecular weight excluding hydrogens is 373 g/mol. The summed E-state index contributed by atoms with van der Waals surface area (Å²) >= 11 is 14.2. The van der Waals surface area contributed by atoms with Crippen molar-refractivity contribution in [3.63, 3.8) is 0 Å². The molecule has 1 aliphatic heterocycles. The number of hydrogen-bond donors (Lipinski definition) is 1. The molecule has 3 aromatic rings. The molecule has 0 amide bonds. The minimum absolute atomic E-state index is 0.104. The number of para-hydroxylation sites is 1. The van der Waals surface area contributed by atoms with Crippen LogP contribution in [0.4, 0.5) is 0 Å². The minimum Gasteiger partial charge on any atom is -0.315 e. The molecule has 0 bridgehead atoms. The molecule has 1 aromatic heterocycles. The van der Waals surface area contributed by atoms with Gasteiger partial charge in [-0.1, -0.05) is 41.4 Å². The van der Waals surface area contributed by atoms with E-state index >= 15 is 0 Å². The second-order valence-corrected chi connectivity index (χ2v) is 8.11. The van der Waals surface area contributed by atoms with Crippen molar-refractivity contribution in [2.24, 2.45) is 0 Å². The number of nitrogens with one attached hydrogen (secondary N) is 1. The Hall–Kier alpha value is -1.17. The number of aromatic nitrogens is 1. The van der Waals surface area contributed by atoms with Crippen LogP contribution in [0.25, 0.3) is 10.2 Å². The van der Waals surface area contributed by atoms with Crippen LogP contribution in [0.2, 0.25) is 10.0 Å². The molecule has 4 rings (SSSR count). The maximum absolute atomic E-state index is 6.32. The van der Waals surface area contributed by atoms with Crippen LogP contribution in [0.1, 0.15) is 23.0 Å². The molecule has 2 heterocycles. The molecule has 1 fully saturated rings. The number of fused-ring (bicyclic) bond motifs is 1. The van der Waals surface area contributed by atoms with Gasteiger partial charge in [0.05, 0.1) is 26.3 Å². The Labute approximate surface area is 161 Å². The van der Waals surface area contributed by atoms with E-state index in [0.717, 1.165) is 48.7 Å². The van der Waals surface area contributed by atoms with Gasteiger partial charge in [-0.3, -0.25) is 4.90 Å². The van der Waals surface area contributed by atoms with Crippen LogP contribution in [0, 0.1) is 0 Å². The molecule has 1 unspecified atom stereocenters. The summed E-state index contributed by atoms with van der Waals surface area (Å²) in [7, 11) is 0. The van der Waals surface area contributed by atoms with Gasteiger partial charge in [0.15, 0.2) is 0 Å². The first-order valence-electron chi connectivity index (χ1n) is 8.47. The van der Waals surface area contributed by atoms with Crippen molar-refractivity contribution >= 4 is 44.8 Å². The molecule has 2 aromatic carbocycles. The molecule has 1 atom stereocenters. The summed E-state index contributed by atoms with van der Waals surface area (Å²) in [5.41, 5.74) is 2.20. The number of nitrogens with zero attached hydrogens (tertiary/aromatic N) is 2. The smallest absolute Gasteiger partial charge is 0.116 e. The highest BCUT2D eigenvalue weighted by molar-refractivity contribution is 7.18. The standard InChI is InChI=1S/C19H19Cl2N3S/c20-14-7-6-13(12-15(14)21)18(24-10-3-8-22-9-11-24)19-23-16-4-1-2-5-17(16)25-19/h1-2,4-7,12,18,22H,3,8-11H2. The molecular formula is C19H19Cl2N3S. The van der Waals surface area contributed by atoms with E-state index in [2.05, 4.69) is 34.5 Å². The van der Waals surface area contributed by atoms with E-state index in [1.165, 1.54) is 4.70 Å². The Kier molecular flexibility index (Phi) is 5.25. The molecule has 130 valence electrons. The fourth-order valence-corrected chi connectivity index (χ4v) is 4.76. The first kappa shape index (κ1) is 17.3. The summed E-state index contributed by atoms with van der Waals surface area (Å²) in [4.78, 5) is 7.43. The van der Waals surface area contributed by atoms with Gasteiger partial charge >= 0.3 is 0 Å². The largest absolute Gasteiger partial charge is 0.315 e. The molecule has 0 saturated carbocycles. The van der Waals surface area contributed by atoms with Crippen LogP contribution in [0.5, 0.6) is 0 Å². The predicted molar refractivity (Wildman–Crippen MR) is 107 cm³/mol. The van der Waals surface area contributed by atoms with Gasteiger partial charge in [0.25, 0.3) is 0 Å². The Balaban J connectivity index is 1.80. The molecule has 6 heteroatoms. The van der Waals surface area contributed by atoms with Crippen LogP contribution >= 0.6 is 34.5 Å². The molecule has 1 aliphatic rings. The van der Waals surface area contributed by atoms with Crippen LogP contribution in [0.3, 0.4) is 0 Å². The summed E-state index contributed by atoms with van der Waals surface area (Å²) in [6, 6.07) is 14.4. The third kappa shape index (κ3) is 3.69. The first-order valence-corrected chi connectivity index (χ1v) is 10.0. The van der Waals surface area contributed by atoms with E-state index in [1.807, 2.05) is 18.2 Å². The van der Waals surface area contributed by atoms with Gasteiger partial charge in [-0.15, -0.1) is 11.3 Å². The Morgan fingerprint density at radius 3 is 2.76 bits per heavy atom. The monoisotopic (exact) mass is 391 g/mol. The van der Waals surface area contributed by atoms with E-state index in [1.54, 1.807) is 11.3 Å². The number of thiazole rings is 1.